The Bertz CT molecular complexity index is 1850. The van der Waals surface area contributed by atoms with Crippen molar-refractivity contribution in [1.29, 1.82) is 0 Å². The van der Waals surface area contributed by atoms with Crippen molar-refractivity contribution in [2.24, 2.45) is 0 Å². The summed E-state index contributed by atoms with van der Waals surface area (Å²) in [6, 6.07) is 46.1. The van der Waals surface area contributed by atoms with Crippen LogP contribution in [0.25, 0.3) is 38.7 Å². The minimum Gasteiger partial charge on any atom is -0.381 e. The van der Waals surface area contributed by atoms with Crippen LogP contribution in [0, 0.1) is 0 Å². The summed E-state index contributed by atoms with van der Waals surface area (Å²) < 4.78 is 0. The van der Waals surface area contributed by atoms with E-state index in [0.29, 0.717) is 0 Å². The Morgan fingerprint density at radius 2 is 1.02 bits per heavy atom. The maximum absolute atomic E-state index is 3.85. The number of hydrogen-bond donors (Lipinski definition) is 4. The van der Waals surface area contributed by atoms with Gasteiger partial charge in [-0.1, -0.05) is 127 Å². The van der Waals surface area contributed by atoms with Gasteiger partial charge in [-0.15, -0.1) is 0 Å². The first-order valence-corrected chi connectivity index (χ1v) is 14.7. The molecule has 0 radical (unpaired) electrons. The van der Waals surface area contributed by atoms with Gasteiger partial charge in [-0.2, -0.15) is 0 Å². The fraction of sp³-hybridized carbons (Fsp3) is 0.105. The highest BCUT2D eigenvalue weighted by molar-refractivity contribution is 5.86. The van der Waals surface area contributed by atoms with E-state index in [0.717, 1.165) is 6.54 Å². The molecule has 6 aromatic carbocycles. The standard InChI is InChI=1S/C38H32N4/c1-3-9-30-23-32(20-14-25(30)7-1)37-40-36(41-38(42-37)33-21-15-26-8-2-4-10-31(26)24-33)29-18-16-27(17-19-29)34-13-5-11-28-12-6-22-39-35(28)34/h1-21,23-24,36-42H,22H2. The summed E-state index contributed by atoms with van der Waals surface area (Å²) in [5, 5.41) is 20.1. The summed E-state index contributed by atoms with van der Waals surface area (Å²) in [4.78, 5) is 0. The van der Waals surface area contributed by atoms with Crippen LogP contribution in [0.15, 0.2) is 133 Å². The molecule has 1 saturated heterocycles. The van der Waals surface area contributed by atoms with Gasteiger partial charge in [0.05, 0.1) is 18.5 Å². The van der Waals surface area contributed by atoms with E-state index in [1.54, 1.807) is 0 Å². The molecule has 0 saturated carbocycles. The molecule has 0 amide bonds. The minimum absolute atomic E-state index is 0.0332. The first-order chi connectivity index (χ1) is 20.8. The van der Waals surface area contributed by atoms with Crippen molar-refractivity contribution in [2.75, 3.05) is 11.9 Å². The zero-order chi connectivity index (χ0) is 27.9. The van der Waals surface area contributed by atoms with Crippen LogP contribution in [-0.4, -0.2) is 6.54 Å². The smallest absolute Gasteiger partial charge is 0.0864 e. The lowest BCUT2D eigenvalue weighted by atomic mass is 9.96. The minimum atomic E-state index is -0.0426. The molecule has 42 heavy (non-hydrogen) atoms. The Labute approximate surface area is 246 Å². The molecule has 2 aliphatic rings. The quantitative estimate of drug-likeness (QED) is 0.180. The van der Waals surface area contributed by atoms with E-state index in [-0.39, 0.29) is 18.5 Å². The van der Waals surface area contributed by atoms with Gasteiger partial charge in [0, 0.05) is 17.8 Å². The van der Waals surface area contributed by atoms with E-state index in [9.17, 15) is 0 Å². The second-order valence-corrected chi connectivity index (χ2v) is 11.2. The Balaban J connectivity index is 1.15. The zero-order valence-corrected chi connectivity index (χ0v) is 23.2. The Kier molecular flexibility index (Phi) is 6.30. The molecule has 4 nitrogen and oxygen atoms in total. The van der Waals surface area contributed by atoms with Crippen LogP contribution < -0.4 is 21.3 Å². The van der Waals surface area contributed by atoms with Crippen LogP contribution in [0.3, 0.4) is 0 Å². The predicted octanol–water partition coefficient (Wildman–Crippen LogP) is 8.28. The van der Waals surface area contributed by atoms with Crippen molar-refractivity contribution in [3.63, 3.8) is 0 Å². The molecular formula is C38H32N4. The fourth-order valence-electron chi connectivity index (χ4n) is 6.35. The Morgan fingerprint density at radius 3 is 1.64 bits per heavy atom. The van der Waals surface area contributed by atoms with Crippen molar-refractivity contribution < 1.29 is 0 Å². The lowest BCUT2D eigenvalue weighted by molar-refractivity contribution is 0.203. The molecule has 2 aliphatic heterocycles. The van der Waals surface area contributed by atoms with Crippen molar-refractivity contribution in [1.82, 2.24) is 16.0 Å². The van der Waals surface area contributed by atoms with Crippen LogP contribution in [0.5, 0.6) is 0 Å². The Hall–Kier alpha value is -4.74. The highest BCUT2D eigenvalue weighted by Gasteiger charge is 2.30. The van der Waals surface area contributed by atoms with Crippen LogP contribution in [0.2, 0.25) is 0 Å². The average molecular weight is 545 g/mol. The molecule has 2 heterocycles. The van der Waals surface area contributed by atoms with E-state index in [1.807, 2.05) is 0 Å². The molecular weight excluding hydrogens is 512 g/mol. The van der Waals surface area contributed by atoms with Crippen molar-refractivity contribution in [3.05, 3.63) is 156 Å². The summed E-state index contributed by atoms with van der Waals surface area (Å²) in [6.07, 6.45) is 4.26. The second kappa shape index (κ2) is 10.6. The van der Waals surface area contributed by atoms with E-state index >= 15 is 0 Å². The molecule has 0 aliphatic carbocycles. The van der Waals surface area contributed by atoms with Gasteiger partial charge in [0.1, 0.15) is 0 Å². The summed E-state index contributed by atoms with van der Waals surface area (Å²) in [5.41, 5.74) is 8.53. The molecule has 0 aromatic heterocycles. The van der Waals surface area contributed by atoms with Gasteiger partial charge in [0.15, 0.2) is 0 Å². The topological polar surface area (TPSA) is 48.1 Å². The largest absolute Gasteiger partial charge is 0.381 e. The van der Waals surface area contributed by atoms with E-state index < -0.39 is 0 Å². The average Bonchev–Trinajstić information content (AvgIpc) is 3.07. The highest BCUT2D eigenvalue weighted by Crippen LogP contribution is 2.35. The molecule has 4 N–H and O–H groups in total. The molecule has 2 atom stereocenters. The zero-order valence-electron chi connectivity index (χ0n) is 23.2. The number of hydrogen-bond acceptors (Lipinski definition) is 4. The molecule has 204 valence electrons. The predicted molar refractivity (Wildman–Crippen MR) is 175 cm³/mol. The van der Waals surface area contributed by atoms with Gasteiger partial charge in [-0.05, 0) is 61.5 Å². The molecule has 6 aromatic rings. The number of rotatable bonds is 4. The lowest BCUT2D eigenvalue weighted by Crippen LogP contribution is -2.54. The molecule has 4 heteroatoms. The molecule has 0 spiro atoms. The maximum Gasteiger partial charge on any atom is 0.0864 e. The van der Waals surface area contributed by atoms with Gasteiger partial charge in [0.2, 0.25) is 0 Å². The van der Waals surface area contributed by atoms with Gasteiger partial charge in [-0.25, -0.2) is 0 Å². The van der Waals surface area contributed by atoms with E-state index in [1.165, 1.54) is 60.6 Å². The van der Waals surface area contributed by atoms with Crippen LogP contribution in [0.4, 0.5) is 5.69 Å². The summed E-state index contributed by atoms with van der Waals surface area (Å²) in [5.74, 6) is 0. The van der Waals surface area contributed by atoms with Gasteiger partial charge >= 0.3 is 0 Å². The van der Waals surface area contributed by atoms with Gasteiger partial charge in [0.25, 0.3) is 0 Å². The third-order valence-corrected chi connectivity index (χ3v) is 8.56. The summed E-state index contributed by atoms with van der Waals surface area (Å²) in [6.45, 7) is 0.858. The SMILES string of the molecule is C1=Cc2cccc(-c3ccc(C4NC(c5ccc6ccccc6c5)NC(c5ccc6ccccc6c5)N4)cc3)c2NC1. The third kappa shape index (κ3) is 4.66. The lowest BCUT2D eigenvalue weighted by Gasteiger charge is -2.40. The molecule has 2 unspecified atom stereocenters. The van der Waals surface area contributed by atoms with E-state index in [4.69, 9.17) is 0 Å². The fourth-order valence-corrected chi connectivity index (χ4v) is 6.35. The molecule has 0 bridgehead atoms. The van der Waals surface area contributed by atoms with Crippen molar-refractivity contribution in [3.8, 4) is 11.1 Å². The van der Waals surface area contributed by atoms with E-state index in [2.05, 4.69) is 161 Å². The maximum atomic E-state index is 3.85. The van der Waals surface area contributed by atoms with Crippen molar-refractivity contribution in [2.45, 2.75) is 18.5 Å². The Morgan fingerprint density at radius 1 is 0.476 bits per heavy atom. The summed E-state index contributed by atoms with van der Waals surface area (Å²) in [7, 11) is 0. The van der Waals surface area contributed by atoms with Crippen LogP contribution in [-0.2, 0) is 0 Å². The monoisotopic (exact) mass is 544 g/mol. The number of benzene rings is 6. The van der Waals surface area contributed by atoms with Crippen LogP contribution in [0.1, 0.15) is 40.8 Å². The van der Waals surface area contributed by atoms with Gasteiger partial charge in [-0.3, -0.25) is 16.0 Å². The first-order valence-electron chi connectivity index (χ1n) is 14.7. The highest BCUT2D eigenvalue weighted by atomic mass is 15.4. The summed E-state index contributed by atoms with van der Waals surface area (Å²) >= 11 is 0. The number of nitrogens with one attached hydrogen (secondary N) is 4. The number of para-hydroxylation sites is 1. The molecule has 8 rings (SSSR count). The van der Waals surface area contributed by atoms with Crippen molar-refractivity contribution >= 4 is 33.3 Å². The second-order valence-electron chi connectivity index (χ2n) is 11.2. The van der Waals surface area contributed by atoms with Crippen LogP contribution >= 0.6 is 0 Å². The first kappa shape index (κ1) is 25.0. The van der Waals surface area contributed by atoms with Gasteiger partial charge < -0.3 is 5.32 Å². The number of anilines is 1. The third-order valence-electron chi connectivity index (χ3n) is 8.56. The number of fused-ring (bicyclic) bond motifs is 3. The normalized spacial score (nSPS) is 19.9. The molecule has 1 fully saturated rings.